The molecule has 1 N–H and O–H groups in total. The summed E-state index contributed by atoms with van der Waals surface area (Å²) in [5, 5.41) is 4.87. The van der Waals surface area contributed by atoms with E-state index >= 15 is 0 Å². The van der Waals surface area contributed by atoms with Crippen LogP contribution in [0.4, 0.5) is 5.13 Å². The zero-order valence-corrected chi connectivity index (χ0v) is 11.8. The van der Waals surface area contributed by atoms with Crippen molar-refractivity contribution < 1.29 is 0 Å². The van der Waals surface area contributed by atoms with E-state index in [4.69, 9.17) is 11.6 Å². The Kier molecular flexibility index (Phi) is 3.84. The number of benzene rings is 1. The number of rotatable bonds is 3. The molecule has 0 aliphatic rings. The van der Waals surface area contributed by atoms with Gasteiger partial charge in [-0.05, 0) is 19.1 Å². The molecule has 1 heterocycles. The van der Waals surface area contributed by atoms with E-state index in [1.54, 1.807) is 11.3 Å². The summed E-state index contributed by atoms with van der Waals surface area (Å²) in [6.07, 6.45) is 1.87. The van der Waals surface area contributed by atoms with Gasteiger partial charge in [-0.1, -0.05) is 44.9 Å². The molecule has 1 aromatic heterocycles. The van der Waals surface area contributed by atoms with Gasteiger partial charge in [-0.15, -0.1) is 0 Å². The fourth-order valence-electron chi connectivity index (χ4n) is 1.32. The van der Waals surface area contributed by atoms with Crippen LogP contribution in [0.5, 0.6) is 0 Å². The molecule has 0 unspecified atom stereocenters. The van der Waals surface area contributed by atoms with Gasteiger partial charge in [0, 0.05) is 27.8 Å². The third-order valence-corrected chi connectivity index (χ3v) is 3.91. The molecule has 84 valence electrons. The fourth-order valence-corrected chi connectivity index (χ4v) is 3.27. The number of anilines is 1. The Hall–Kier alpha value is -0.580. The molecule has 2 rings (SSSR count). The molecule has 0 fully saturated rings. The molecule has 2 aromatic rings. The van der Waals surface area contributed by atoms with Crippen LogP contribution in [0.3, 0.4) is 0 Å². The van der Waals surface area contributed by atoms with Gasteiger partial charge in [-0.3, -0.25) is 0 Å². The lowest BCUT2D eigenvalue weighted by atomic mass is 10.2. The first kappa shape index (κ1) is 11.9. The highest BCUT2D eigenvalue weighted by atomic mass is 79.9. The SMILES string of the molecule is CCNc1ncc(-c2ccc(Cl)cc2Br)s1. The first-order chi connectivity index (χ1) is 7.70. The van der Waals surface area contributed by atoms with Crippen molar-refractivity contribution in [3.8, 4) is 10.4 Å². The summed E-state index contributed by atoms with van der Waals surface area (Å²) in [5.41, 5.74) is 1.12. The van der Waals surface area contributed by atoms with Crippen LogP contribution < -0.4 is 5.32 Å². The van der Waals surface area contributed by atoms with Crippen LogP contribution in [0.25, 0.3) is 10.4 Å². The number of hydrogen-bond donors (Lipinski definition) is 1. The summed E-state index contributed by atoms with van der Waals surface area (Å²) >= 11 is 11.0. The van der Waals surface area contributed by atoms with E-state index in [0.717, 1.165) is 31.6 Å². The van der Waals surface area contributed by atoms with Crippen molar-refractivity contribution in [2.45, 2.75) is 6.92 Å². The van der Waals surface area contributed by atoms with E-state index in [2.05, 4.69) is 33.2 Å². The fraction of sp³-hybridized carbons (Fsp3) is 0.182. The van der Waals surface area contributed by atoms with Gasteiger partial charge in [-0.25, -0.2) is 4.98 Å². The van der Waals surface area contributed by atoms with Gasteiger partial charge in [-0.2, -0.15) is 0 Å². The zero-order valence-electron chi connectivity index (χ0n) is 8.63. The second-order valence-corrected chi connectivity index (χ2v) is 5.51. The van der Waals surface area contributed by atoms with Crippen molar-refractivity contribution in [2.24, 2.45) is 0 Å². The number of thiazole rings is 1. The summed E-state index contributed by atoms with van der Waals surface area (Å²) in [7, 11) is 0. The van der Waals surface area contributed by atoms with E-state index < -0.39 is 0 Å². The molecule has 2 nitrogen and oxygen atoms in total. The van der Waals surface area contributed by atoms with Crippen LogP contribution in [-0.4, -0.2) is 11.5 Å². The van der Waals surface area contributed by atoms with E-state index in [0.29, 0.717) is 0 Å². The van der Waals surface area contributed by atoms with Crippen molar-refractivity contribution in [3.63, 3.8) is 0 Å². The van der Waals surface area contributed by atoms with Gasteiger partial charge in [0.15, 0.2) is 5.13 Å². The average molecular weight is 318 g/mol. The third-order valence-electron chi connectivity index (χ3n) is 2.03. The van der Waals surface area contributed by atoms with Crippen molar-refractivity contribution in [1.82, 2.24) is 4.98 Å². The van der Waals surface area contributed by atoms with Crippen LogP contribution in [0.1, 0.15) is 6.92 Å². The minimum atomic E-state index is 0.729. The first-order valence-corrected chi connectivity index (χ1v) is 6.84. The molecule has 5 heteroatoms. The lowest BCUT2D eigenvalue weighted by Gasteiger charge is -2.01. The maximum atomic E-state index is 5.90. The molecule has 0 saturated carbocycles. The van der Waals surface area contributed by atoms with Gasteiger partial charge in [0.25, 0.3) is 0 Å². The summed E-state index contributed by atoms with van der Waals surface area (Å²) < 4.78 is 0.992. The largest absolute Gasteiger partial charge is 0.362 e. The highest BCUT2D eigenvalue weighted by Crippen LogP contribution is 2.35. The quantitative estimate of drug-likeness (QED) is 0.890. The van der Waals surface area contributed by atoms with Gasteiger partial charge >= 0.3 is 0 Å². The van der Waals surface area contributed by atoms with Crippen LogP contribution >= 0.6 is 38.9 Å². The normalized spacial score (nSPS) is 10.4. The van der Waals surface area contributed by atoms with Crippen LogP contribution in [0, 0.1) is 0 Å². The number of hydrogen-bond acceptors (Lipinski definition) is 3. The highest BCUT2D eigenvalue weighted by Gasteiger charge is 2.07. The molecule has 0 atom stereocenters. The van der Waals surface area contributed by atoms with Gasteiger partial charge in [0.05, 0.1) is 4.88 Å². The Morgan fingerprint density at radius 3 is 3.00 bits per heavy atom. The lowest BCUT2D eigenvalue weighted by molar-refractivity contribution is 1.19. The van der Waals surface area contributed by atoms with Gasteiger partial charge in [0.1, 0.15) is 0 Å². The van der Waals surface area contributed by atoms with E-state index in [1.807, 2.05) is 24.4 Å². The van der Waals surface area contributed by atoms with Crippen LogP contribution in [0.15, 0.2) is 28.9 Å². The molecule has 0 spiro atoms. The Morgan fingerprint density at radius 1 is 1.50 bits per heavy atom. The average Bonchev–Trinajstić information content (AvgIpc) is 2.67. The van der Waals surface area contributed by atoms with Crippen molar-refractivity contribution in [2.75, 3.05) is 11.9 Å². The van der Waals surface area contributed by atoms with Crippen molar-refractivity contribution in [1.29, 1.82) is 0 Å². The summed E-state index contributed by atoms with van der Waals surface area (Å²) in [6.45, 7) is 2.94. The Bertz CT molecular complexity index is 498. The lowest BCUT2D eigenvalue weighted by Crippen LogP contribution is -1.94. The molecule has 0 radical (unpaired) electrons. The van der Waals surface area contributed by atoms with Gasteiger partial charge in [0.2, 0.25) is 0 Å². The predicted molar refractivity (Wildman–Crippen MR) is 74.4 cm³/mol. The summed E-state index contributed by atoms with van der Waals surface area (Å²) in [4.78, 5) is 5.42. The minimum absolute atomic E-state index is 0.729. The number of aromatic nitrogens is 1. The Balaban J connectivity index is 2.35. The first-order valence-electron chi connectivity index (χ1n) is 4.86. The zero-order chi connectivity index (χ0) is 11.5. The maximum Gasteiger partial charge on any atom is 0.183 e. The second kappa shape index (κ2) is 5.17. The molecule has 16 heavy (non-hydrogen) atoms. The smallest absolute Gasteiger partial charge is 0.183 e. The predicted octanol–water partition coefficient (Wildman–Crippen LogP) is 4.66. The standard InChI is InChI=1S/C11H10BrClN2S/c1-2-14-11-15-6-10(16-11)8-4-3-7(13)5-9(8)12/h3-6H,2H2,1H3,(H,14,15). The topological polar surface area (TPSA) is 24.9 Å². The van der Waals surface area contributed by atoms with Crippen molar-refractivity contribution >= 4 is 44.0 Å². The summed E-state index contributed by atoms with van der Waals surface area (Å²) in [5.74, 6) is 0. The van der Waals surface area contributed by atoms with E-state index in [-0.39, 0.29) is 0 Å². The van der Waals surface area contributed by atoms with Gasteiger partial charge < -0.3 is 5.32 Å². The number of halogens is 2. The molecular formula is C11H10BrClN2S. The molecule has 1 aromatic carbocycles. The number of nitrogens with one attached hydrogen (secondary N) is 1. The highest BCUT2D eigenvalue weighted by molar-refractivity contribution is 9.10. The molecule has 0 aliphatic carbocycles. The molecule has 0 saturated heterocycles. The van der Waals surface area contributed by atoms with Crippen LogP contribution in [-0.2, 0) is 0 Å². The summed E-state index contributed by atoms with van der Waals surface area (Å²) in [6, 6.07) is 5.77. The van der Waals surface area contributed by atoms with E-state index in [1.165, 1.54) is 0 Å². The maximum absolute atomic E-state index is 5.90. The molecule has 0 amide bonds. The van der Waals surface area contributed by atoms with Crippen molar-refractivity contribution in [3.05, 3.63) is 33.9 Å². The number of nitrogens with zero attached hydrogens (tertiary/aromatic N) is 1. The monoisotopic (exact) mass is 316 g/mol. The Labute approximate surface area is 112 Å². The molecule has 0 aliphatic heterocycles. The Morgan fingerprint density at radius 2 is 2.31 bits per heavy atom. The molecule has 0 bridgehead atoms. The third kappa shape index (κ3) is 2.56. The second-order valence-electron chi connectivity index (χ2n) is 3.18. The minimum Gasteiger partial charge on any atom is -0.362 e. The van der Waals surface area contributed by atoms with Crippen LogP contribution in [0.2, 0.25) is 5.02 Å². The molecular weight excluding hydrogens is 308 g/mol. The van der Waals surface area contributed by atoms with E-state index in [9.17, 15) is 0 Å².